The standard InChI is InChI=1S/C21H20N4OS2/c1-3-26-19-11-9-18(10-12-19)25-20(16-7-5-4-6-8-16)23-24-21(25)28-14-17-13-27-15(2)22-17/h4-13H,3,14H2,1-2H3. The van der Waals surface area contributed by atoms with Crippen LogP contribution in [0.4, 0.5) is 0 Å². The minimum atomic E-state index is 0.648. The molecule has 0 aliphatic heterocycles. The van der Waals surface area contributed by atoms with Gasteiger partial charge in [0.15, 0.2) is 11.0 Å². The third kappa shape index (κ3) is 4.10. The molecule has 0 saturated heterocycles. The van der Waals surface area contributed by atoms with Crippen molar-refractivity contribution in [2.24, 2.45) is 0 Å². The molecule has 0 unspecified atom stereocenters. The molecule has 28 heavy (non-hydrogen) atoms. The van der Waals surface area contributed by atoms with E-state index in [0.29, 0.717) is 6.61 Å². The molecule has 5 nitrogen and oxygen atoms in total. The molecule has 142 valence electrons. The fourth-order valence-electron chi connectivity index (χ4n) is 2.84. The van der Waals surface area contributed by atoms with Crippen LogP contribution in [-0.2, 0) is 5.75 Å². The van der Waals surface area contributed by atoms with Gasteiger partial charge in [-0.25, -0.2) is 4.98 Å². The number of benzene rings is 2. The normalized spacial score (nSPS) is 10.9. The summed E-state index contributed by atoms with van der Waals surface area (Å²) in [6.07, 6.45) is 0. The molecule has 0 aliphatic rings. The van der Waals surface area contributed by atoms with Crippen molar-refractivity contribution in [3.8, 4) is 22.8 Å². The van der Waals surface area contributed by atoms with Crippen molar-refractivity contribution in [3.05, 3.63) is 70.7 Å². The fourth-order valence-corrected chi connectivity index (χ4v) is 4.40. The van der Waals surface area contributed by atoms with Gasteiger partial charge in [0, 0.05) is 22.4 Å². The zero-order valence-corrected chi connectivity index (χ0v) is 17.3. The minimum absolute atomic E-state index is 0.648. The second kappa shape index (κ2) is 8.58. The van der Waals surface area contributed by atoms with Crippen LogP contribution in [0.3, 0.4) is 0 Å². The van der Waals surface area contributed by atoms with Gasteiger partial charge >= 0.3 is 0 Å². The molecular formula is C21H20N4OS2. The summed E-state index contributed by atoms with van der Waals surface area (Å²) in [5.74, 6) is 2.43. The second-order valence-electron chi connectivity index (χ2n) is 6.08. The molecule has 0 aliphatic carbocycles. The van der Waals surface area contributed by atoms with Gasteiger partial charge in [0.05, 0.1) is 17.3 Å². The Balaban J connectivity index is 1.70. The highest BCUT2D eigenvalue weighted by molar-refractivity contribution is 7.98. The van der Waals surface area contributed by atoms with Crippen molar-refractivity contribution in [2.75, 3.05) is 6.61 Å². The molecule has 0 spiro atoms. The lowest BCUT2D eigenvalue weighted by molar-refractivity contribution is 0.340. The van der Waals surface area contributed by atoms with Crippen LogP contribution in [-0.4, -0.2) is 26.4 Å². The van der Waals surface area contributed by atoms with Gasteiger partial charge < -0.3 is 4.74 Å². The van der Waals surface area contributed by atoms with Crippen LogP contribution >= 0.6 is 23.1 Å². The number of hydrogen-bond acceptors (Lipinski definition) is 6. The summed E-state index contributed by atoms with van der Waals surface area (Å²) in [4.78, 5) is 4.55. The SMILES string of the molecule is CCOc1ccc(-n2c(SCc3csc(C)n3)nnc2-c2ccccc2)cc1. The molecule has 2 aromatic heterocycles. The molecule has 0 atom stereocenters. The molecule has 4 rings (SSSR count). The molecule has 7 heteroatoms. The smallest absolute Gasteiger partial charge is 0.196 e. The predicted molar refractivity (Wildman–Crippen MR) is 114 cm³/mol. The maximum absolute atomic E-state index is 5.58. The highest BCUT2D eigenvalue weighted by atomic mass is 32.2. The van der Waals surface area contributed by atoms with Crippen LogP contribution in [0.2, 0.25) is 0 Å². The maximum atomic E-state index is 5.58. The van der Waals surface area contributed by atoms with Crippen LogP contribution in [0, 0.1) is 6.92 Å². The van der Waals surface area contributed by atoms with Crippen molar-refractivity contribution in [1.29, 1.82) is 0 Å². The zero-order chi connectivity index (χ0) is 19.3. The molecule has 0 saturated carbocycles. The number of aromatic nitrogens is 4. The Morgan fingerprint density at radius 1 is 1.04 bits per heavy atom. The van der Waals surface area contributed by atoms with E-state index in [9.17, 15) is 0 Å². The number of nitrogens with zero attached hydrogens (tertiary/aromatic N) is 4. The Bertz CT molecular complexity index is 1040. The molecule has 2 heterocycles. The highest BCUT2D eigenvalue weighted by Gasteiger charge is 2.16. The fraction of sp³-hybridized carbons (Fsp3) is 0.190. The first-order valence-corrected chi connectivity index (χ1v) is 10.9. The van der Waals surface area contributed by atoms with E-state index in [2.05, 4.69) is 25.1 Å². The number of rotatable bonds is 7. The average Bonchev–Trinajstić information content (AvgIpc) is 3.34. The van der Waals surface area contributed by atoms with Gasteiger partial charge in [-0.2, -0.15) is 0 Å². The summed E-state index contributed by atoms with van der Waals surface area (Å²) in [6, 6.07) is 18.2. The lowest BCUT2D eigenvalue weighted by atomic mass is 10.2. The van der Waals surface area contributed by atoms with Gasteiger partial charge in [-0.3, -0.25) is 4.57 Å². The van der Waals surface area contributed by atoms with Gasteiger partial charge in [-0.15, -0.1) is 21.5 Å². The summed E-state index contributed by atoms with van der Waals surface area (Å²) < 4.78 is 7.67. The Kier molecular flexibility index (Phi) is 5.73. The molecule has 0 bridgehead atoms. The number of hydrogen-bond donors (Lipinski definition) is 0. The van der Waals surface area contributed by atoms with Crippen LogP contribution < -0.4 is 4.74 Å². The number of thiazole rings is 1. The van der Waals surface area contributed by atoms with Crippen molar-refractivity contribution < 1.29 is 4.74 Å². The summed E-state index contributed by atoms with van der Waals surface area (Å²) in [5.41, 5.74) is 3.10. The lowest BCUT2D eigenvalue weighted by Crippen LogP contribution is -2.00. The third-order valence-corrected chi connectivity index (χ3v) is 5.87. The Morgan fingerprint density at radius 2 is 1.82 bits per heavy atom. The first-order chi connectivity index (χ1) is 13.7. The monoisotopic (exact) mass is 408 g/mol. The second-order valence-corrected chi connectivity index (χ2v) is 8.09. The van der Waals surface area contributed by atoms with E-state index in [0.717, 1.165) is 44.4 Å². The number of aryl methyl sites for hydroxylation is 1. The molecule has 0 amide bonds. The first kappa shape index (κ1) is 18.7. The van der Waals surface area contributed by atoms with Gasteiger partial charge in [-0.1, -0.05) is 42.1 Å². The highest BCUT2D eigenvalue weighted by Crippen LogP contribution is 2.30. The molecule has 2 aromatic carbocycles. The number of ether oxygens (including phenoxy) is 1. The lowest BCUT2D eigenvalue weighted by Gasteiger charge is -2.11. The summed E-state index contributed by atoms with van der Waals surface area (Å²) in [5, 5.41) is 13.0. The van der Waals surface area contributed by atoms with Crippen molar-refractivity contribution in [3.63, 3.8) is 0 Å². The molecule has 0 fully saturated rings. The van der Waals surface area contributed by atoms with E-state index < -0.39 is 0 Å². The van der Waals surface area contributed by atoms with E-state index in [1.807, 2.05) is 68.4 Å². The molecule has 0 radical (unpaired) electrons. The largest absolute Gasteiger partial charge is 0.494 e. The van der Waals surface area contributed by atoms with Gasteiger partial charge in [0.25, 0.3) is 0 Å². The van der Waals surface area contributed by atoms with Crippen LogP contribution in [0.1, 0.15) is 17.6 Å². The number of thioether (sulfide) groups is 1. The van der Waals surface area contributed by atoms with E-state index in [1.54, 1.807) is 23.1 Å². The van der Waals surface area contributed by atoms with E-state index in [-0.39, 0.29) is 0 Å². The molecule has 0 N–H and O–H groups in total. The zero-order valence-electron chi connectivity index (χ0n) is 15.7. The summed E-state index contributed by atoms with van der Waals surface area (Å²) in [6.45, 7) is 4.65. The van der Waals surface area contributed by atoms with Crippen LogP contribution in [0.5, 0.6) is 5.75 Å². The first-order valence-electron chi connectivity index (χ1n) is 9.02. The topological polar surface area (TPSA) is 52.8 Å². The van der Waals surface area contributed by atoms with Crippen LogP contribution in [0.15, 0.2) is 65.1 Å². The Morgan fingerprint density at radius 3 is 2.50 bits per heavy atom. The molecule has 4 aromatic rings. The van der Waals surface area contributed by atoms with E-state index >= 15 is 0 Å². The average molecular weight is 409 g/mol. The molecular weight excluding hydrogens is 388 g/mol. The van der Waals surface area contributed by atoms with Crippen molar-refractivity contribution >= 4 is 23.1 Å². The summed E-state index contributed by atoms with van der Waals surface area (Å²) in [7, 11) is 0. The third-order valence-electron chi connectivity index (χ3n) is 4.09. The van der Waals surface area contributed by atoms with E-state index in [4.69, 9.17) is 4.74 Å². The Labute approximate surface area is 172 Å². The predicted octanol–water partition coefficient (Wildman–Crippen LogP) is 5.39. The maximum Gasteiger partial charge on any atom is 0.196 e. The van der Waals surface area contributed by atoms with Crippen molar-refractivity contribution in [1.82, 2.24) is 19.7 Å². The quantitative estimate of drug-likeness (QED) is 0.384. The van der Waals surface area contributed by atoms with Crippen molar-refractivity contribution in [2.45, 2.75) is 24.8 Å². The minimum Gasteiger partial charge on any atom is -0.494 e. The Hall–Kier alpha value is -2.64. The van der Waals surface area contributed by atoms with E-state index in [1.165, 1.54) is 0 Å². The van der Waals surface area contributed by atoms with Gasteiger partial charge in [0.1, 0.15) is 5.75 Å². The van der Waals surface area contributed by atoms with Crippen LogP contribution in [0.25, 0.3) is 17.1 Å². The van der Waals surface area contributed by atoms with Gasteiger partial charge in [-0.05, 0) is 38.1 Å². The summed E-state index contributed by atoms with van der Waals surface area (Å²) >= 11 is 3.31. The van der Waals surface area contributed by atoms with Gasteiger partial charge in [0.2, 0.25) is 0 Å².